The van der Waals surface area contributed by atoms with E-state index in [-0.39, 0.29) is 5.57 Å². The number of fused-ring (bicyclic) bond motifs is 2. The molecule has 0 spiro atoms. The van der Waals surface area contributed by atoms with E-state index in [1.54, 1.807) is 0 Å². The molecule has 0 aromatic carbocycles. The first kappa shape index (κ1) is 13.8. The van der Waals surface area contributed by atoms with Gasteiger partial charge in [0, 0.05) is 17.9 Å². The topological polar surface area (TPSA) is 87.0 Å². The van der Waals surface area contributed by atoms with Gasteiger partial charge in [-0.25, -0.2) is 4.79 Å². The summed E-state index contributed by atoms with van der Waals surface area (Å²) in [6.45, 7) is 5.27. The van der Waals surface area contributed by atoms with Crippen LogP contribution in [0.15, 0.2) is 23.3 Å². The molecule has 3 rings (SSSR count). The van der Waals surface area contributed by atoms with E-state index in [1.165, 1.54) is 0 Å². The number of carbonyl (C=O) groups is 1. The molecule has 5 heteroatoms. The van der Waals surface area contributed by atoms with Crippen LogP contribution in [0.2, 0.25) is 0 Å². The molecule has 20 heavy (non-hydrogen) atoms. The van der Waals surface area contributed by atoms with Gasteiger partial charge in [-0.15, -0.1) is 0 Å². The Morgan fingerprint density at radius 1 is 1.50 bits per heavy atom. The van der Waals surface area contributed by atoms with Crippen molar-refractivity contribution in [3.8, 4) is 0 Å². The lowest BCUT2D eigenvalue weighted by atomic mass is 9.77. The molecule has 2 aliphatic carbocycles. The molecule has 3 aliphatic rings. The summed E-state index contributed by atoms with van der Waals surface area (Å²) in [5.74, 6) is -1.52. The zero-order valence-corrected chi connectivity index (χ0v) is 11.5. The number of esters is 1. The second kappa shape index (κ2) is 4.41. The first-order valence-electron chi connectivity index (χ1n) is 6.98. The molecule has 0 radical (unpaired) electrons. The quantitative estimate of drug-likeness (QED) is 0.365. The largest absolute Gasteiger partial charge is 0.458 e. The number of rotatable bonds is 1. The fraction of sp³-hybridized carbons (Fsp3) is 0.667. The molecule has 0 unspecified atom stereocenters. The monoisotopic (exact) mass is 280 g/mol. The van der Waals surface area contributed by atoms with Crippen LogP contribution in [0.3, 0.4) is 0 Å². The maximum atomic E-state index is 11.7. The molecule has 5 nitrogen and oxygen atoms in total. The van der Waals surface area contributed by atoms with Crippen LogP contribution < -0.4 is 0 Å². The molecule has 110 valence electrons. The predicted octanol–water partition coefficient (Wildman–Crippen LogP) is 0.299. The van der Waals surface area contributed by atoms with Crippen molar-refractivity contribution in [3.63, 3.8) is 0 Å². The molecule has 3 N–H and O–H groups in total. The molecule has 0 aromatic rings. The summed E-state index contributed by atoms with van der Waals surface area (Å²) in [5.41, 5.74) is 0.973. The third-order valence-corrected chi connectivity index (χ3v) is 5.14. The lowest BCUT2D eigenvalue weighted by molar-refractivity contribution is -0.139. The summed E-state index contributed by atoms with van der Waals surface area (Å²) in [4.78, 5) is 11.7. The van der Waals surface area contributed by atoms with Gasteiger partial charge in [-0.05, 0) is 19.8 Å². The normalized spacial score (nSPS) is 44.2. The molecule has 1 saturated heterocycles. The summed E-state index contributed by atoms with van der Waals surface area (Å²) in [5, 5.41) is 30.8. The summed E-state index contributed by atoms with van der Waals surface area (Å²) in [6, 6.07) is 0. The molecule has 0 bridgehead atoms. The Labute approximate surface area is 117 Å². The van der Waals surface area contributed by atoms with Crippen molar-refractivity contribution in [3.05, 3.63) is 23.3 Å². The van der Waals surface area contributed by atoms with Crippen LogP contribution in [0.25, 0.3) is 0 Å². The van der Waals surface area contributed by atoms with E-state index in [4.69, 9.17) is 4.74 Å². The Bertz CT molecular complexity index is 508. The molecule has 0 amide bonds. The van der Waals surface area contributed by atoms with Crippen LogP contribution in [0.4, 0.5) is 0 Å². The van der Waals surface area contributed by atoms with Crippen molar-refractivity contribution in [1.29, 1.82) is 0 Å². The molecule has 2 fully saturated rings. The average Bonchev–Trinajstić information content (AvgIpc) is 2.85. The van der Waals surface area contributed by atoms with Gasteiger partial charge >= 0.3 is 5.97 Å². The Balaban J connectivity index is 2.06. The lowest BCUT2D eigenvalue weighted by Gasteiger charge is -2.34. The lowest BCUT2D eigenvalue weighted by Crippen LogP contribution is -2.47. The second-order valence-electron chi connectivity index (χ2n) is 6.23. The Morgan fingerprint density at radius 2 is 2.20 bits per heavy atom. The summed E-state index contributed by atoms with van der Waals surface area (Å²) >= 11 is 0. The van der Waals surface area contributed by atoms with E-state index < -0.39 is 42.2 Å². The van der Waals surface area contributed by atoms with Crippen LogP contribution in [-0.2, 0) is 9.53 Å². The van der Waals surface area contributed by atoms with Gasteiger partial charge < -0.3 is 20.1 Å². The highest BCUT2D eigenvalue weighted by atomic mass is 16.6. The molecule has 1 aliphatic heterocycles. The molecule has 0 aromatic heterocycles. The summed E-state index contributed by atoms with van der Waals surface area (Å²) in [6.07, 6.45) is 0.276. The molecular formula is C15H20O5. The third-order valence-electron chi connectivity index (χ3n) is 5.14. The highest BCUT2D eigenvalue weighted by molar-refractivity contribution is 5.91. The summed E-state index contributed by atoms with van der Waals surface area (Å²) < 4.78 is 5.29. The molecule has 1 heterocycles. The van der Waals surface area contributed by atoms with E-state index >= 15 is 0 Å². The first-order valence-corrected chi connectivity index (χ1v) is 6.98. The van der Waals surface area contributed by atoms with Crippen LogP contribution in [0.1, 0.15) is 26.2 Å². The van der Waals surface area contributed by atoms with Gasteiger partial charge in [-0.2, -0.15) is 0 Å². The number of carbonyl (C=O) groups excluding carboxylic acids is 1. The van der Waals surface area contributed by atoms with E-state index in [2.05, 4.69) is 6.58 Å². The molecular weight excluding hydrogens is 260 g/mol. The van der Waals surface area contributed by atoms with E-state index in [1.807, 2.05) is 6.92 Å². The third kappa shape index (κ3) is 1.70. The highest BCUT2D eigenvalue weighted by Crippen LogP contribution is 2.51. The number of ether oxygens (including phenoxy) is 1. The fourth-order valence-corrected chi connectivity index (χ4v) is 4.05. The highest BCUT2D eigenvalue weighted by Gasteiger charge is 2.56. The van der Waals surface area contributed by atoms with Crippen LogP contribution in [0, 0.1) is 11.8 Å². The molecule has 1 saturated carbocycles. The zero-order valence-electron chi connectivity index (χ0n) is 11.5. The van der Waals surface area contributed by atoms with Gasteiger partial charge in [-0.3, -0.25) is 0 Å². The van der Waals surface area contributed by atoms with Crippen molar-refractivity contribution >= 4 is 5.97 Å². The van der Waals surface area contributed by atoms with Gasteiger partial charge in [0.1, 0.15) is 6.10 Å². The van der Waals surface area contributed by atoms with Crippen molar-refractivity contribution in [2.24, 2.45) is 11.8 Å². The van der Waals surface area contributed by atoms with Gasteiger partial charge in [-0.1, -0.05) is 17.7 Å². The van der Waals surface area contributed by atoms with E-state index in [0.29, 0.717) is 19.3 Å². The standard InChI is InChI=1S/C15H20O5/c1-7-5-10-11(8(2)14(18)20-10)13(17)12-9(7)3-4-15(12,19)6-16/h10-13,16-17,19H,2-6H2,1H3/t10-,11+,12-,13-,15-/m0/s1. The predicted molar refractivity (Wildman–Crippen MR) is 70.6 cm³/mol. The minimum absolute atomic E-state index is 0.267. The number of aliphatic hydroxyl groups excluding tert-OH is 2. The second-order valence-corrected chi connectivity index (χ2v) is 6.23. The molecule has 5 atom stereocenters. The van der Waals surface area contributed by atoms with Crippen LogP contribution in [-0.4, -0.2) is 45.7 Å². The van der Waals surface area contributed by atoms with Gasteiger partial charge in [0.05, 0.1) is 24.2 Å². The number of aliphatic hydroxyl groups is 3. The smallest absolute Gasteiger partial charge is 0.334 e. The minimum Gasteiger partial charge on any atom is -0.458 e. The van der Waals surface area contributed by atoms with Crippen LogP contribution in [0.5, 0.6) is 0 Å². The number of hydrogen-bond acceptors (Lipinski definition) is 5. The SMILES string of the molecule is C=C1C(=O)O[C@H]2CC(C)=C3CC[C@](O)(CO)[C@@H]3[C@@H](O)[C@H]12. The Hall–Kier alpha value is -1.17. The minimum atomic E-state index is -1.32. The fourth-order valence-electron chi connectivity index (χ4n) is 4.05. The number of hydrogen-bond donors (Lipinski definition) is 3. The van der Waals surface area contributed by atoms with Gasteiger partial charge in [0.15, 0.2) is 0 Å². The Kier molecular flexibility index (Phi) is 3.04. The maximum Gasteiger partial charge on any atom is 0.334 e. The average molecular weight is 280 g/mol. The van der Waals surface area contributed by atoms with Crippen molar-refractivity contribution in [1.82, 2.24) is 0 Å². The van der Waals surface area contributed by atoms with E-state index in [0.717, 1.165) is 11.1 Å². The van der Waals surface area contributed by atoms with Crippen LogP contribution >= 0.6 is 0 Å². The first-order chi connectivity index (χ1) is 9.39. The maximum absolute atomic E-state index is 11.7. The van der Waals surface area contributed by atoms with Gasteiger partial charge in [0.2, 0.25) is 0 Å². The van der Waals surface area contributed by atoms with E-state index in [9.17, 15) is 20.1 Å². The van der Waals surface area contributed by atoms with Crippen molar-refractivity contribution in [2.45, 2.75) is 44.0 Å². The summed E-state index contributed by atoms with van der Waals surface area (Å²) in [7, 11) is 0. The zero-order chi connectivity index (χ0) is 14.7. The van der Waals surface area contributed by atoms with Crippen molar-refractivity contribution < 1.29 is 24.9 Å². The van der Waals surface area contributed by atoms with Crippen molar-refractivity contribution in [2.75, 3.05) is 6.61 Å². The van der Waals surface area contributed by atoms with Gasteiger partial charge in [0.25, 0.3) is 0 Å². The Morgan fingerprint density at radius 3 is 2.85 bits per heavy atom.